The second kappa shape index (κ2) is 42.6. The first-order valence-corrected chi connectivity index (χ1v) is 34.2. The van der Waals surface area contributed by atoms with Crippen LogP contribution in [-0.4, -0.2) is 220 Å². The molecule has 0 bridgehead atoms. The SMILES string of the molecule is CC[C@H](C)[C@H](N)C(=O)N[C@H](C(=O)N[C@@H](CCCN=C(N)N)C(=O)N[C@@H](Cc1c[nH]c2ccccc12)C(=O)N[C@@H](CO)C(=O)N[C@@H](CCCCN)C(=O)N[C@@H](CCCCN)C(=O)N[C@H](C(=O)N1CCC[C@H]1C(=O)N[C@@H](CS)C(=O)N[C@H](C(=O)N[C@@H](CO)C(=O)O)C(C)C)C(C)C)C(C)C. The predicted octanol–water partition coefficient (Wildman–Crippen LogP) is -3.80. The zero-order chi connectivity index (χ0) is 73.5. The Morgan fingerprint density at radius 3 is 1.53 bits per heavy atom. The third-order valence-corrected chi connectivity index (χ3v) is 17.4. The van der Waals surface area contributed by atoms with Gasteiger partial charge < -0.3 is 107 Å². The van der Waals surface area contributed by atoms with Crippen LogP contribution < -0.4 is 81.8 Å². The molecule has 1 fully saturated rings. The number of nitrogens with two attached hydrogens (primary N) is 5. The average Bonchev–Trinajstić information content (AvgIpc) is 1.65. The molecule has 33 nitrogen and oxygen atoms in total. The summed E-state index contributed by atoms with van der Waals surface area (Å²) in [4.78, 5) is 175. The van der Waals surface area contributed by atoms with Gasteiger partial charge >= 0.3 is 5.97 Å². The first-order valence-electron chi connectivity index (χ1n) is 33.6. The Kier molecular flexibility index (Phi) is 36.5. The van der Waals surface area contributed by atoms with Crippen LogP contribution in [0.3, 0.4) is 0 Å². The summed E-state index contributed by atoms with van der Waals surface area (Å²) < 4.78 is 0. The van der Waals surface area contributed by atoms with E-state index in [1.54, 1.807) is 78.9 Å². The number of benzene rings is 1. The second-order valence-electron chi connectivity index (χ2n) is 25.7. The van der Waals surface area contributed by atoms with Crippen LogP contribution >= 0.6 is 12.6 Å². The molecule has 24 N–H and O–H groups in total. The summed E-state index contributed by atoms with van der Waals surface area (Å²) in [5, 5.41) is 56.3. The van der Waals surface area contributed by atoms with E-state index in [0.29, 0.717) is 48.6 Å². The number of H-pyrrole nitrogens is 1. The van der Waals surface area contributed by atoms with Gasteiger partial charge in [0.05, 0.1) is 19.3 Å². The minimum Gasteiger partial charge on any atom is -0.480 e. The summed E-state index contributed by atoms with van der Waals surface area (Å²) >= 11 is 4.25. The maximum Gasteiger partial charge on any atom is 0.328 e. The highest BCUT2D eigenvalue weighted by Crippen LogP contribution is 2.23. The first-order chi connectivity index (χ1) is 46.4. The number of nitrogens with one attached hydrogen (secondary N) is 11. The molecular formula is C64H108N18O15S. The molecule has 2 aromatic rings. The maximum atomic E-state index is 14.7. The number of carboxylic acid groups (broad SMARTS) is 1. The van der Waals surface area contributed by atoms with Gasteiger partial charge in [-0.15, -0.1) is 0 Å². The van der Waals surface area contributed by atoms with Gasteiger partial charge in [-0.05, 0) is 113 Å². The Bertz CT molecular complexity index is 3020. The number of aromatic nitrogens is 1. The molecule has 0 unspecified atom stereocenters. The monoisotopic (exact) mass is 1400 g/mol. The number of carbonyl (C=O) groups is 12. The molecule has 1 aromatic heterocycles. The fraction of sp³-hybridized carbons (Fsp3) is 0.672. The van der Waals surface area contributed by atoms with Crippen molar-refractivity contribution >= 4 is 100 Å². The van der Waals surface area contributed by atoms with Gasteiger partial charge in [-0.3, -0.25) is 57.7 Å². The van der Waals surface area contributed by atoms with Gasteiger partial charge in [0, 0.05) is 42.4 Å². The van der Waals surface area contributed by atoms with E-state index < -0.39 is 174 Å². The molecule has 34 heteroatoms. The summed E-state index contributed by atoms with van der Waals surface area (Å²) in [6.45, 7) is 12.2. The number of aliphatic hydroxyl groups is 2. The molecule has 1 aliphatic rings. The smallest absolute Gasteiger partial charge is 0.328 e. The molecule has 11 amide bonds. The number of guanidine groups is 1. The molecule has 98 heavy (non-hydrogen) atoms. The quantitative estimate of drug-likeness (QED) is 0.0131. The lowest BCUT2D eigenvalue weighted by molar-refractivity contribution is -0.144. The van der Waals surface area contributed by atoms with Crippen LogP contribution in [-0.2, 0) is 64.0 Å². The number of nitrogens with zero attached hydrogens (tertiary/aromatic N) is 2. The number of amides is 11. The number of aliphatic hydroxyl groups excluding tert-OH is 2. The van der Waals surface area contributed by atoms with Crippen molar-refractivity contribution in [3.05, 3.63) is 36.0 Å². The number of rotatable bonds is 44. The Balaban J connectivity index is 1.93. The van der Waals surface area contributed by atoms with E-state index in [1.807, 2.05) is 6.92 Å². The third kappa shape index (κ3) is 26.2. The van der Waals surface area contributed by atoms with E-state index in [9.17, 15) is 72.9 Å². The molecule has 0 saturated carbocycles. The summed E-state index contributed by atoms with van der Waals surface area (Å²) in [7, 11) is 0. The van der Waals surface area contributed by atoms with E-state index in [0.717, 1.165) is 0 Å². The van der Waals surface area contributed by atoms with Gasteiger partial charge in [0.2, 0.25) is 65.0 Å². The normalized spacial score (nSPS) is 16.7. The lowest BCUT2D eigenvalue weighted by Gasteiger charge is -2.32. The van der Waals surface area contributed by atoms with Crippen molar-refractivity contribution < 1.29 is 72.9 Å². The fourth-order valence-electron chi connectivity index (χ4n) is 10.8. The van der Waals surface area contributed by atoms with Gasteiger partial charge in [0.15, 0.2) is 5.96 Å². The highest BCUT2D eigenvalue weighted by Gasteiger charge is 2.42. The molecule has 1 aliphatic heterocycles. The number of aliphatic carboxylic acids is 1. The Hall–Kier alpha value is -8.18. The minimum absolute atomic E-state index is 0.00169. The number of thiol groups is 1. The standard InChI is InChI=1S/C64H108N18O15S/c1-9-36(8)48(67)59(92)80-50(34(4)5)60(93)74-42(22-16-26-70-64(68)69)53(86)75-43(28-37-29-71-39-19-11-10-18-38(37)39)55(88)76-44(30-83)56(89)73-40(20-12-14-24-65)52(85)72-41(21-13-15-25-66)54(87)81-51(35(6)7)62(95)82-27-17-23-47(82)58(91)78-46(32-98)57(90)79-49(33(2)3)61(94)77-45(31-84)63(96)97/h10-11,18-19,29,33-36,40-51,71,83-84,98H,9,12-17,20-28,30-32,65-67H2,1-8H3,(H,72,85)(H,73,89)(H,74,93)(H,75,86)(H,76,88)(H,77,94)(H,78,91)(H,79,90)(H,80,92)(H,81,87)(H,96,97)(H4,68,69,70)/t36-,40-,41-,42-,43-,44-,45-,46-,47-,48-,49-,50-,51-/m0/s1. The highest BCUT2D eigenvalue weighted by atomic mass is 32.1. The van der Waals surface area contributed by atoms with Gasteiger partial charge in [-0.1, -0.05) is 80.0 Å². The lowest BCUT2D eigenvalue weighted by Crippen LogP contribution is -2.62. The largest absolute Gasteiger partial charge is 0.480 e. The zero-order valence-electron chi connectivity index (χ0n) is 57.5. The number of likely N-dealkylation sites (tertiary alicyclic amines) is 1. The van der Waals surface area contributed by atoms with Crippen molar-refractivity contribution in [2.75, 3.05) is 45.1 Å². The molecule has 0 radical (unpaired) electrons. The number of fused-ring (bicyclic) bond motifs is 1. The zero-order valence-corrected chi connectivity index (χ0v) is 58.4. The topological polar surface area (TPSA) is 547 Å². The number of unbranched alkanes of at least 4 members (excludes halogenated alkanes) is 2. The Labute approximate surface area is 577 Å². The van der Waals surface area contributed by atoms with Crippen LogP contribution in [0, 0.1) is 23.7 Å². The number of para-hydroxylation sites is 1. The molecule has 550 valence electrons. The van der Waals surface area contributed by atoms with Crippen molar-refractivity contribution in [1.29, 1.82) is 0 Å². The van der Waals surface area contributed by atoms with Crippen molar-refractivity contribution in [3.63, 3.8) is 0 Å². The first kappa shape index (κ1) is 84.0. The highest BCUT2D eigenvalue weighted by molar-refractivity contribution is 7.80. The minimum atomic E-state index is -1.76. The molecule has 1 saturated heterocycles. The van der Waals surface area contributed by atoms with Crippen LogP contribution in [0.25, 0.3) is 10.9 Å². The van der Waals surface area contributed by atoms with E-state index in [-0.39, 0.29) is 88.8 Å². The van der Waals surface area contributed by atoms with Gasteiger partial charge in [0.25, 0.3) is 0 Å². The van der Waals surface area contributed by atoms with Crippen LogP contribution in [0.2, 0.25) is 0 Å². The number of carboxylic acids is 1. The van der Waals surface area contributed by atoms with Crippen LogP contribution in [0.15, 0.2) is 35.5 Å². The maximum absolute atomic E-state index is 14.7. The van der Waals surface area contributed by atoms with E-state index in [1.165, 1.54) is 4.90 Å². The fourth-order valence-corrected chi connectivity index (χ4v) is 11.1. The van der Waals surface area contributed by atoms with Crippen LogP contribution in [0.5, 0.6) is 0 Å². The lowest BCUT2D eigenvalue weighted by atomic mass is 9.97. The Morgan fingerprint density at radius 1 is 0.582 bits per heavy atom. The Morgan fingerprint density at radius 2 is 1.03 bits per heavy atom. The van der Waals surface area contributed by atoms with Gasteiger partial charge in [0.1, 0.15) is 66.5 Å². The molecule has 3 rings (SSSR count). The summed E-state index contributed by atoms with van der Waals surface area (Å²) in [5.41, 5.74) is 30.3. The summed E-state index contributed by atoms with van der Waals surface area (Å²) in [5.74, 6) is -12.8. The second-order valence-corrected chi connectivity index (χ2v) is 26.1. The van der Waals surface area contributed by atoms with Crippen molar-refractivity contribution in [2.24, 2.45) is 57.3 Å². The van der Waals surface area contributed by atoms with Crippen LogP contribution in [0.1, 0.15) is 132 Å². The third-order valence-electron chi connectivity index (χ3n) is 17.0. The van der Waals surface area contributed by atoms with Gasteiger partial charge in [-0.25, -0.2) is 4.79 Å². The number of hydrogen-bond donors (Lipinski definition) is 20. The molecule has 13 atom stereocenters. The molecule has 2 heterocycles. The summed E-state index contributed by atoms with van der Waals surface area (Å²) in [6.07, 6.45) is 3.98. The van der Waals surface area contributed by atoms with E-state index in [4.69, 9.17) is 28.7 Å². The van der Waals surface area contributed by atoms with Crippen molar-refractivity contribution in [3.8, 4) is 0 Å². The summed E-state index contributed by atoms with van der Waals surface area (Å²) in [6, 6.07) is -9.01. The predicted molar refractivity (Wildman–Crippen MR) is 369 cm³/mol. The number of aliphatic imine (C=N–C) groups is 1. The van der Waals surface area contributed by atoms with Crippen molar-refractivity contribution in [2.45, 2.75) is 205 Å². The van der Waals surface area contributed by atoms with E-state index >= 15 is 0 Å². The average molecular weight is 1400 g/mol. The number of aromatic amines is 1. The molecule has 0 spiro atoms. The van der Waals surface area contributed by atoms with Crippen molar-refractivity contribution in [1.82, 2.24) is 63.1 Å². The number of carbonyl (C=O) groups excluding carboxylic acids is 11. The van der Waals surface area contributed by atoms with Crippen LogP contribution in [0.4, 0.5) is 0 Å². The molecule has 1 aromatic carbocycles. The van der Waals surface area contributed by atoms with E-state index in [2.05, 4.69) is 75.8 Å². The van der Waals surface area contributed by atoms with Gasteiger partial charge in [-0.2, -0.15) is 12.6 Å². The molecule has 0 aliphatic carbocycles. The number of hydrogen-bond acceptors (Lipinski definition) is 19. The molecular weight excluding hydrogens is 1290 g/mol.